The molecule has 0 atom stereocenters. The third-order valence-corrected chi connectivity index (χ3v) is 4.28. The fraction of sp³-hybridized carbons (Fsp3) is 0.929. The van der Waals surface area contributed by atoms with Crippen LogP contribution >= 0.6 is 0 Å². The van der Waals surface area contributed by atoms with Crippen LogP contribution in [-0.2, 0) is 4.79 Å². The van der Waals surface area contributed by atoms with Gasteiger partial charge in [-0.1, -0.05) is 12.8 Å². The first-order chi connectivity index (χ1) is 8.75. The summed E-state index contributed by atoms with van der Waals surface area (Å²) >= 11 is 0. The summed E-state index contributed by atoms with van der Waals surface area (Å²) in [5.74, 6) is 1.08. The van der Waals surface area contributed by atoms with Crippen molar-refractivity contribution in [2.24, 2.45) is 5.92 Å². The molecule has 0 spiro atoms. The Labute approximate surface area is 111 Å². The van der Waals surface area contributed by atoms with Gasteiger partial charge >= 0.3 is 0 Å². The molecule has 1 saturated heterocycles. The van der Waals surface area contributed by atoms with E-state index in [2.05, 4.69) is 10.2 Å². The molecule has 1 aliphatic heterocycles. The maximum absolute atomic E-state index is 12.1. The number of hydrogen-bond acceptors (Lipinski definition) is 3. The Morgan fingerprint density at radius 2 is 1.94 bits per heavy atom. The maximum Gasteiger partial charge on any atom is 0.223 e. The molecule has 2 fully saturated rings. The van der Waals surface area contributed by atoms with Gasteiger partial charge in [-0.25, -0.2) is 0 Å². The minimum atomic E-state index is 0.320. The Hall–Kier alpha value is -0.610. The zero-order chi connectivity index (χ0) is 12.8. The molecular weight excluding hydrogens is 226 g/mol. The van der Waals surface area contributed by atoms with Gasteiger partial charge < -0.3 is 15.1 Å². The van der Waals surface area contributed by atoms with Crippen LogP contribution in [0.4, 0.5) is 0 Å². The highest BCUT2D eigenvalue weighted by Gasteiger charge is 2.20. The number of carbonyl (C=O) groups is 1. The molecule has 1 amide bonds. The SMILES string of the molecule is CN(CC1CCCC1)C(=O)CCN1CCNCC1. The molecule has 0 aromatic heterocycles. The van der Waals surface area contributed by atoms with Gasteiger partial charge in [-0.05, 0) is 18.8 Å². The minimum absolute atomic E-state index is 0.320. The van der Waals surface area contributed by atoms with Crippen LogP contribution in [0.2, 0.25) is 0 Å². The standard InChI is InChI=1S/C14H27N3O/c1-16(12-13-4-2-3-5-13)14(18)6-9-17-10-7-15-8-11-17/h13,15H,2-12H2,1H3. The van der Waals surface area contributed by atoms with Gasteiger partial charge in [0, 0.05) is 52.7 Å². The summed E-state index contributed by atoms with van der Waals surface area (Å²) < 4.78 is 0. The number of amides is 1. The van der Waals surface area contributed by atoms with Crippen LogP contribution in [0.1, 0.15) is 32.1 Å². The van der Waals surface area contributed by atoms with E-state index in [-0.39, 0.29) is 0 Å². The second-order valence-electron chi connectivity index (χ2n) is 5.77. The highest BCUT2D eigenvalue weighted by molar-refractivity contribution is 5.76. The lowest BCUT2D eigenvalue weighted by Gasteiger charge is -2.28. The molecule has 0 bridgehead atoms. The fourth-order valence-electron chi connectivity index (χ4n) is 3.06. The van der Waals surface area contributed by atoms with E-state index < -0.39 is 0 Å². The monoisotopic (exact) mass is 253 g/mol. The van der Waals surface area contributed by atoms with Crippen molar-refractivity contribution in [2.75, 3.05) is 46.3 Å². The Morgan fingerprint density at radius 1 is 1.28 bits per heavy atom. The lowest BCUT2D eigenvalue weighted by atomic mass is 10.1. The molecule has 104 valence electrons. The molecule has 2 rings (SSSR count). The van der Waals surface area contributed by atoms with Gasteiger partial charge in [0.05, 0.1) is 0 Å². The molecule has 1 aliphatic carbocycles. The second kappa shape index (κ2) is 7.10. The first-order valence-corrected chi connectivity index (χ1v) is 7.43. The minimum Gasteiger partial charge on any atom is -0.345 e. The topological polar surface area (TPSA) is 35.6 Å². The van der Waals surface area contributed by atoms with Crippen molar-refractivity contribution in [3.8, 4) is 0 Å². The predicted octanol–water partition coefficient (Wildman–Crippen LogP) is 0.930. The van der Waals surface area contributed by atoms with Crippen molar-refractivity contribution in [3.63, 3.8) is 0 Å². The van der Waals surface area contributed by atoms with Crippen LogP contribution in [0.25, 0.3) is 0 Å². The molecule has 1 saturated carbocycles. The molecule has 1 N–H and O–H groups in total. The average molecular weight is 253 g/mol. The largest absolute Gasteiger partial charge is 0.345 e. The molecule has 0 aromatic rings. The van der Waals surface area contributed by atoms with Crippen molar-refractivity contribution in [1.82, 2.24) is 15.1 Å². The smallest absolute Gasteiger partial charge is 0.223 e. The van der Waals surface area contributed by atoms with Crippen molar-refractivity contribution in [1.29, 1.82) is 0 Å². The van der Waals surface area contributed by atoms with E-state index in [9.17, 15) is 4.79 Å². The lowest BCUT2D eigenvalue weighted by molar-refractivity contribution is -0.130. The number of nitrogens with one attached hydrogen (secondary N) is 1. The highest BCUT2D eigenvalue weighted by Crippen LogP contribution is 2.25. The Bertz CT molecular complexity index is 258. The van der Waals surface area contributed by atoms with E-state index in [0.29, 0.717) is 12.3 Å². The van der Waals surface area contributed by atoms with Crippen molar-refractivity contribution in [2.45, 2.75) is 32.1 Å². The molecule has 0 unspecified atom stereocenters. The van der Waals surface area contributed by atoms with Gasteiger partial charge in [0.25, 0.3) is 0 Å². The van der Waals surface area contributed by atoms with Crippen molar-refractivity contribution < 1.29 is 4.79 Å². The Morgan fingerprint density at radius 3 is 2.61 bits per heavy atom. The van der Waals surface area contributed by atoms with E-state index >= 15 is 0 Å². The molecule has 4 heteroatoms. The summed E-state index contributed by atoms with van der Waals surface area (Å²) in [6.45, 7) is 6.19. The molecule has 2 aliphatic rings. The molecular formula is C14H27N3O. The summed E-state index contributed by atoms with van der Waals surface area (Å²) in [5.41, 5.74) is 0. The third-order valence-electron chi connectivity index (χ3n) is 4.28. The van der Waals surface area contributed by atoms with Gasteiger partial charge in [0.2, 0.25) is 5.91 Å². The molecule has 0 aromatic carbocycles. The van der Waals surface area contributed by atoms with E-state index in [0.717, 1.165) is 45.2 Å². The third kappa shape index (κ3) is 4.25. The van der Waals surface area contributed by atoms with Crippen LogP contribution < -0.4 is 5.32 Å². The summed E-state index contributed by atoms with van der Waals surface area (Å²) in [5, 5.41) is 3.34. The van der Waals surface area contributed by atoms with Crippen LogP contribution in [0.3, 0.4) is 0 Å². The van der Waals surface area contributed by atoms with E-state index in [4.69, 9.17) is 0 Å². The Balaban J connectivity index is 1.63. The fourth-order valence-corrected chi connectivity index (χ4v) is 3.06. The van der Waals surface area contributed by atoms with E-state index in [1.807, 2.05) is 11.9 Å². The van der Waals surface area contributed by atoms with Gasteiger partial charge in [-0.3, -0.25) is 4.79 Å². The number of hydrogen-bond donors (Lipinski definition) is 1. The Kier molecular flexibility index (Phi) is 5.45. The molecule has 4 nitrogen and oxygen atoms in total. The summed E-state index contributed by atoms with van der Waals surface area (Å²) in [4.78, 5) is 16.4. The van der Waals surface area contributed by atoms with Gasteiger partial charge in [-0.15, -0.1) is 0 Å². The van der Waals surface area contributed by atoms with Crippen molar-refractivity contribution >= 4 is 5.91 Å². The quantitative estimate of drug-likeness (QED) is 0.792. The zero-order valence-electron chi connectivity index (χ0n) is 11.7. The first-order valence-electron chi connectivity index (χ1n) is 7.43. The number of carbonyl (C=O) groups excluding carboxylic acids is 1. The van der Waals surface area contributed by atoms with E-state index in [1.54, 1.807) is 0 Å². The highest BCUT2D eigenvalue weighted by atomic mass is 16.2. The predicted molar refractivity (Wildman–Crippen MR) is 73.5 cm³/mol. The van der Waals surface area contributed by atoms with Crippen molar-refractivity contribution in [3.05, 3.63) is 0 Å². The number of rotatable bonds is 5. The van der Waals surface area contributed by atoms with Gasteiger partial charge in [0.1, 0.15) is 0 Å². The molecule has 0 radical (unpaired) electrons. The van der Waals surface area contributed by atoms with Crippen LogP contribution in [-0.4, -0.2) is 62.0 Å². The van der Waals surface area contributed by atoms with E-state index in [1.165, 1.54) is 25.7 Å². The summed E-state index contributed by atoms with van der Waals surface area (Å²) in [6.07, 6.45) is 6.02. The zero-order valence-corrected chi connectivity index (χ0v) is 11.7. The second-order valence-corrected chi connectivity index (χ2v) is 5.77. The average Bonchev–Trinajstić information content (AvgIpc) is 2.90. The maximum atomic E-state index is 12.1. The summed E-state index contributed by atoms with van der Waals surface area (Å²) in [7, 11) is 1.97. The number of nitrogens with zero attached hydrogens (tertiary/aromatic N) is 2. The van der Waals surface area contributed by atoms with Crippen LogP contribution in [0, 0.1) is 5.92 Å². The van der Waals surface area contributed by atoms with Gasteiger partial charge in [-0.2, -0.15) is 0 Å². The first kappa shape index (κ1) is 13.8. The van der Waals surface area contributed by atoms with Gasteiger partial charge in [0.15, 0.2) is 0 Å². The summed E-state index contributed by atoms with van der Waals surface area (Å²) in [6, 6.07) is 0. The normalized spacial score (nSPS) is 22.3. The molecule has 18 heavy (non-hydrogen) atoms. The van der Waals surface area contributed by atoms with Crippen LogP contribution in [0.5, 0.6) is 0 Å². The lowest BCUT2D eigenvalue weighted by Crippen LogP contribution is -2.44. The molecule has 1 heterocycles. The van der Waals surface area contributed by atoms with Crippen LogP contribution in [0.15, 0.2) is 0 Å². The number of piperazine rings is 1.